The van der Waals surface area contributed by atoms with E-state index in [2.05, 4.69) is 42.8 Å². The van der Waals surface area contributed by atoms with Gasteiger partial charge in [0.2, 0.25) is 0 Å². The van der Waals surface area contributed by atoms with Crippen LogP contribution < -0.4 is 5.56 Å². The summed E-state index contributed by atoms with van der Waals surface area (Å²) in [5.41, 5.74) is 3.87. The molecule has 26 heavy (non-hydrogen) atoms. The van der Waals surface area contributed by atoms with Crippen molar-refractivity contribution in [3.8, 4) is 11.8 Å². The minimum Gasteiger partial charge on any atom is -0.304 e. The van der Waals surface area contributed by atoms with Gasteiger partial charge >= 0.3 is 0 Å². The van der Waals surface area contributed by atoms with E-state index in [1.54, 1.807) is 0 Å². The molecule has 0 radical (unpaired) electrons. The highest BCUT2D eigenvalue weighted by Gasteiger charge is 2.15. The van der Waals surface area contributed by atoms with E-state index in [1.807, 2.05) is 34.9 Å². The third-order valence-corrected chi connectivity index (χ3v) is 4.86. The standard InChI is InChI=1S/C22H21N3O/c1-16-3-5-17(6-4-16)7-8-18-9-10-19-20(15-18)23-21-11-12-24(2)13-14-25(21)22(19)26/h3-6,9-10,15H,11-14H2,1-2H3. The first kappa shape index (κ1) is 16.6. The molecule has 4 heteroatoms. The van der Waals surface area contributed by atoms with Crippen LogP contribution >= 0.6 is 0 Å². The van der Waals surface area contributed by atoms with Crippen molar-refractivity contribution in [3.05, 3.63) is 75.3 Å². The Bertz CT molecular complexity index is 1080. The van der Waals surface area contributed by atoms with Crippen molar-refractivity contribution in [2.45, 2.75) is 19.9 Å². The number of hydrogen-bond acceptors (Lipinski definition) is 3. The minimum absolute atomic E-state index is 0.0540. The van der Waals surface area contributed by atoms with Crippen LogP contribution in [0.25, 0.3) is 10.9 Å². The van der Waals surface area contributed by atoms with Gasteiger partial charge in [-0.25, -0.2) is 4.98 Å². The number of hydrogen-bond donors (Lipinski definition) is 0. The lowest BCUT2D eigenvalue weighted by atomic mass is 10.1. The molecule has 2 aromatic carbocycles. The fourth-order valence-electron chi connectivity index (χ4n) is 3.22. The van der Waals surface area contributed by atoms with Gasteiger partial charge in [-0.1, -0.05) is 29.5 Å². The Hall–Kier alpha value is -2.90. The lowest BCUT2D eigenvalue weighted by Crippen LogP contribution is -2.27. The summed E-state index contributed by atoms with van der Waals surface area (Å²) in [4.78, 5) is 19.8. The molecule has 3 aromatic rings. The van der Waals surface area contributed by atoms with Crippen molar-refractivity contribution in [2.75, 3.05) is 20.1 Å². The SMILES string of the molecule is Cc1ccc(C#Cc2ccc3c(=O)n4c(nc3c2)CCN(C)CC4)cc1. The van der Waals surface area contributed by atoms with Gasteiger partial charge in [-0.05, 0) is 44.3 Å². The van der Waals surface area contributed by atoms with E-state index in [9.17, 15) is 4.79 Å². The average Bonchev–Trinajstić information content (AvgIpc) is 2.83. The molecule has 0 spiro atoms. The van der Waals surface area contributed by atoms with E-state index in [1.165, 1.54) is 5.56 Å². The maximum Gasteiger partial charge on any atom is 0.261 e. The number of aromatic nitrogens is 2. The molecule has 1 aliphatic rings. The van der Waals surface area contributed by atoms with Gasteiger partial charge in [0.05, 0.1) is 10.9 Å². The van der Waals surface area contributed by atoms with Crippen molar-refractivity contribution in [3.63, 3.8) is 0 Å². The van der Waals surface area contributed by atoms with Crippen molar-refractivity contribution >= 4 is 10.9 Å². The highest BCUT2D eigenvalue weighted by molar-refractivity contribution is 5.79. The van der Waals surface area contributed by atoms with Crippen LogP contribution in [-0.4, -0.2) is 34.6 Å². The van der Waals surface area contributed by atoms with E-state index in [0.29, 0.717) is 11.9 Å². The summed E-state index contributed by atoms with van der Waals surface area (Å²) in [6.07, 6.45) is 0.793. The normalized spacial score (nSPS) is 14.4. The number of benzene rings is 2. The summed E-state index contributed by atoms with van der Waals surface area (Å²) in [5, 5.41) is 0.666. The molecule has 4 rings (SSSR count). The molecule has 0 unspecified atom stereocenters. The second kappa shape index (κ2) is 6.78. The first-order valence-corrected chi connectivity index (χ1v) is 8.91. The molecule has 0 bridgehead atoms. The average molecular weight is 343 g/mol. The van der Waals surface area contributed by atoms with Gasteiger partial charge in [0.25, 0.3) is 5.56 Å². The van der Waals surface area contributed by atoms with Crippen LogP contribution in [-0.2, 0) is 13.0 Å². The smallest absolute Gasteiger partial charge is 0.261 e. The molecule has 2 heterocycles. The van der Waals surface area contributed by atoms with Gasteiger partial charge in [-0.15, -0.1) is 0 Å². The molecule has 1 aromatic heterocycles. The Morgan fingerprint density at radius 1 is 0.962 bits per heavy atom. The van der Waals surface area contributed by atoms with Crippen LogP contribution in [0.3, 0.4) is 0 Å². The van der Waals surface area contributed by atoms with Crippen LogP contribution in [0.5, 0.6) is 0 Å². The fraction of sp³-hybridized carbons (Fsp3) is 0.273. The number of nitrogens with zero attached hydrogens (tertiary/aromatic N) is 3. The Balaban J connectivity index is 1.74. The zero-order valence-corrected chi connectivity index (χ0v) is 15.1. The first-order valence-electron chi connectivity index (χ1n) is 8.91. The van der Waals surface area contributed by atoms with Crippen molar-refractivity contribution in [2.24, 2.45) is 0 Å². The van der Waals surface area contributed by atoms with E-state index < -0.39 is 0 Å². The summed E-state index contributed by atoms with van der Waals surface area (Å²) in [7, 11) is 2.08. The summed E-state index contributed by atoms with van der Waals surface area (Å²) >= 11 is 0. The maximum atomic E-state index is 12.8. The Morgan fingerprint density at radius 2 is 1.69 bits per heavy atom. The molecular weight excluding hydrogens is 322 g/mol. The molecule has 130 valence electrons. The zero-order valence-electron chi connectivity index (χ0n) is 15.1. The Kier molecular flexibility index (Phi) is 4.32. The van der Waals surface area contributed by atoms with E-state index in [0.717, 1.165) is 42.0 Å². The fourth-order valence-corrected chi connectivity index (χ4v) is 3.22. The van der Waals surface area contributed by atoms with Gasteiger partial charge in [-0.2, -0.15) is 0 Å². The van der Waals surface area contributed by atoms with Gasteiger partial charge in [0.15, 0.2) is 0 Å². The van der Waals surface area contributed by atoms with Gasteiger partial charge in [-0.3, -0.25) is 9.36 Å². The van der Waals surface area contributed by atoms with E-state index >= 15 is 0 Å². The van der Waals surface area contributed by atoms with Crippen molar-refractivity contribution < 1.29 is 0 Å². The molecular formula is C22H21N3O. The summed E-state index contributed by atoms with van der Waals surface area (Å²) in [6.45, 7) is 4.55. The molecule has 0 atom stereocenters. The highest BCUT2D eigenvalue weighted by Crippen LogP contribution is 2.13. The van der Waals surface area contributed by atoms with Crippen molar-refractivity contribution in [1.29, 1.82) is 0 Å². The molecule has 0 aliphatic carbocycles. The van der Waals surface area contributed by atoms with E-state index in [4.69, 9.17) is 4.98 Å². The molecule has 0 N–H and O–H groups in total. The summed E-state index contributed by atoms with van der Waals surface area (Å²) in [5.74, 6) is 7.23. The lowest BCUT2D eigenvalue weighted by Gasteiger charge is -2.11. The largest absolute Gasteiger partial charge is 0.304 e. The van der Waals surface area contributed by atoms with Crippen LogP contribution in [0.4, 0.5) is 0 Å². The molecule has 0 amide bonds. The van der Waals surface area contributed by atoms with Crippen LogP contribution in [0, 0.1) is 18.8 Å². The third-order valence-electron chi connectivity index (χ3n) is 4.86. The second-order valence-electron chi connectivity index (χ2n) is 6.89. The number of aryl methyl sites for hydroxylation is 1. The van der Waals surface area contributed by atoms with Gasteiger partial charge in [0, 0.05) is 37.2 Å². The quantitative estimate of drug-likeness (QED) is 0.589. The maximum absolute atomic E-state index is 12.8. The van der Waals surface area contributed by atoms with Crippen LogP contribution in [0.1, 0.15) is 22.5 Å². The van der Waals surface area contributed by atoms with Gasteiger partial charge in [0.1, 0.15) is 5.82 Å². The van der Waals surface area contributed by atoms with Gasteiger partial charge < -0.3 is 4.90 Å². The second-order valence-corrected chi connectivity index (χ2v) is 6.89. The number of likely N-dealkylation sites (N-methyl/N-ethyl adjacent to an activating group) is 1. The first-order chi connectivity index (χ1) is 12.6. The molecule has 1 aliphatic heterocycles. The molecule has 0 fully saturated rings. The molecule has 0 saturated carbocycles. The predicted molar refractivity (Wildman–Crippen MR) is 104 cm³/mol. The van der Waals surface area contributed by atoms with E-state index in [-0.39, 0.29) is 5.56 Å². The number of rotatable bonds is 0. The minimum atomic E-state index is 0.0540. The Labute approximate surface area is 153 Å². The lowest BCUT2D eigenvalue weighted by molar-refractivity contribution is 0.341. The highest BCUT2D eigenvalue weighted by atomic mass is 16.1. The topological polar surface area (TPSA) is 38.1 Å². The van der Waals surface area contributed by atoms with Crippen LogP contribution in [0.15, 0.2) is 47.3 Å². The predicted octanol–water partition coefficient (Wildman–Crippen LogP) is 2.59. The van der Waals surface area contributed by atoms with Crippen molar-refractivity contribution in [1.82, 2.24) is 14.5 Å². The number of fused-ring (bicyclic) bond motifs is 2. The molecule has 0 saturated heterocycles. The monoisotopic (exact) mass is 343 g/mol. The van der Waals surface area contributed by atoms with Crippen LogP contribution in [0.2, 0.25) is 0 Å². The summed E-state index contributed by atoms with van der Waals surface area (Å²) in [6, 6.07) is 13.8. The summed E-state index contributed by atoms with van der Waals surface area (Å²) < 4.78 is 1.82. The molecule has 4 nitrogen and oxygen atoms in total. The zero-order chi connectivity index (χ0) is 18.1. The third kappa shape index (κ3) is 3.26. The Morgan fingerprint density at radius 3 is 2.50 bits per heavy atom.